The molecule has 0 unspecified atom stereocenters. The summed E-state index contributed by atoms with van der Waals surface area (Å²) in [4.78, 5) is 28.2. The van der Waals surface area contributed by atoms with Gasteiger partial charge in [0.1, 0.15) is 18.3 Å². The largest absolute Gasteiger partial charge is 0.388 e. The number of fused-ring (bicyclic) bond motifs is 1. The SMILES string of the molecule is Cn1c(=O)c2c(ncn2[C@@H]2OC[C@H](O)[C@H](O)[C@H]2O)n(C)c1=O. The molecule has 1 saturated heterocycles. The molecular weight excluding hydrogens is 296 g/mol. The molecule has 0 saturated carbocycles. The van der Waals surface area contributed by atoms with Gasteiger partial charge < -0.3 is 20.1 Å². The monoisotopic (exact) mass is 312 g/mol. The van der Waals surface area contributed by atoms with Crippen molar-refractivity contribution < 1.29 is 20.1 Å². The lowest BCUT2D eigenvalue weighted by atomic mass is 10.0. The molecule has 2 aromatic heterocycles. The second-order valence-electron chi connectivity index (χ2n) is 5.30. The number of aliphatic hydroxyl groups excluding tert-OH is 3. The van der Waals surface area contributed by atoms with E-state index < -0.39 is 35.8 Å². The minimum atomic E-state index is -1.44. The number of imidazole rings is 1. The molecule has 4 atom stereocenters. The first kappa shape index (κ1) is 14.9. The van der Waals surface area contributed by atoms with E-state index in [4.69, 9.17) is 4.74 Å². The number of hydrogen-bond donors (Lipinski definition) is 3. The Kier molecular flexibility index (Phi) is 3.40. The molecule has 3 rings (SSSR count). The van der Waals surface area contributed by atoms with Crippen molar-refractivity contribution >= 4 is 11.2 Å². The van der Waals surface area contributed by atoms with Gasteiger partial charge in [0.2, 0.25) is 0 Å². The van der Waals surface area contributed by atoms with E-state index in [-0.39, 0.29) is 17.8 Å². The highest BCUT2D eigenvalue weighted by Gasteiger charge is 2.39. The Balaban J connectivity index is 2.21. The van der Waals surface area contributed by atoms with Crippen molar-refractivity contribution in [3.8, 4) is 0 Å². The zero-order valence-electron chi connectivity index (χ0n) is 11.9. The van der Waals surface area contributed by atoms with E-state index in [1.54, 1.807) is 0 Å². The van der Waals surface area contributed by atoms with Gasteiger partial charge in [-0.2, -0.15) is 0 Å². The van der Waals surface area contributed by atoms with E-state index >= 15 is 0 Å². The van der Waals surface area contributed by atoms with Gasteiger partial charge >= 0.3 is 5.69 Å². The fourth-order valence-corrected chi connectivity index (χ4v) is 2.59. The topological polar surface area (TPSA) is 132 Å². The summed E-state index contributed by atoms with van der Waals surface area (Å²) in [7, 11) is 2.80. The lowest BCUT2D eigenvalue weighted by molar-refractivity contribution is -0.209. The molecular formula is C12H16N4O6. The molecule has 22 heavy (non-hydrogen) atoms. The van der Waals surface area contributed by atoms with Gasteiger partial charge in [-0.3, -0.25) is 18.5 Å². The van der Waals surface area contributed by atoms with Gasteiger partial charge in [0.05, 0.1) is 12.9 Å². The maximum atomic E-state index is 12.3. The van der Waals surface area contributed by atoms with Crippen molar-refractivity contribution in [2.45, 2.75) is 24.5 Å². The standard InChI is InChI=1S/C12H16N4O6/c1-14-9-6(10(20)15(2)12(14)21)16(4-13-9)11-8(19)7(18)5(17)3-22-11/h4-5,7-8,11,17-19H,3H2,1-2H3/t5-,7-,8+,11+/m0/s1. The average molecular weight is 312 g/mol. The number of nitrogens with zero attached hydrogens (tertiary/aromatic N) is 4. The van der Waals surface area contributed by atoms with Crippen LogP contribution in [0.5, 0.6) is 0 Å². The van der Waals surface area contributed by atoms with Gasteiger partial charge in [-0.05, 0) is 0 Å². The minimum absolute atomic E-state index is 0.0669. The first-order valence-corrected chi connectivity index (χ1v) is 6.63. The molecule has 2 aromatic rings. The van der Waals surface area contributed by atoms with E-state index in [1.807, 2.05) is 0 Å². The summed E-state index contributed by atoms with van der Waals surface area (Å²) < 4.78 is 8.70. The molecule has 0 bridgehead atoms. The van der Waals surface area contributed by atoms with Crippen LogP contribution in [0.15, 0.2) is 15.9 Å². The molecule has 1 aliphatic rings. The average Bonchev–Trinajstić information content (AvgIpc) is 2.93. The van der Waals surface area contributed by atoms with Crippen LogP contribution in [0.4, 0.5) is 0 Å². The first-order valence-electron chi connectivity index (χ1n) is 6.63. The molecule has 120 valence electrons. The number of aryl methyl sites for hydroxylation is 1. The zero-order chi connectivity index (χ0) is 16.2. The molecule has 0 aliphatic carbocycles. The van der Waals surface area contributed by atoms with Gasteiger partial charge in [0.25, 0.3) is 5.56 Å². The fraction of sp³-hybridized carbons (Fsp3) is 0.583. The van der Waals surface area contributed by atoms with E-state index in [2.05, 4.69) is 4.98 Å². The predicted molar refractivity (Wildman–Crippen MR) is 73.2 cm³/mol. The summed E-state index contributed by atoms with van der Waals surface area (Å²) in [5.41, 5.74) is -0.905. The Morgan fingerprint density at radius 3 is 2.55 bits per heavy atom. The summed E-state index contributed by atoms with van der Waals surface area (Å²) in [6.07, 6.45) is -3.90. The van der Waals surface area contributed by atoms with Crippen LogP contribution in [0, 0.1) is 0 Å². The number of aliphatic hydroxyl groups is 3. The highest BCUT2D eigenvalue weighted by atomic mass is 16.5. The zero-order valence-corrected chi connectivity index (χ0v) is 11.9. The third kappa shape index (κ3) is 1.92. The summed E-state index contributed by atoms with van der Waals surface area (Å²) in [5.74, 6) is 0. The Morgan fingerprint density at radius 1 is 1.18 bits per heavy atom. The Bertz CT molecular complexity index is 836. The van der Waals surface area contributed by atoms with Gasteiger partial charge in [-0.1, -0.05) is 0 Å². The molecule has 3 N–H and O–H groups in total. The van der Waals surface area contributed by atoms with Crippen LogP contribution in [0.25, 0.3) is 11.2 Å². The molecule has 1 aliphatic heterocycles. The maximum Gasteiger partial charge on any atom is 0.332 e. The van der Waals surface area contributed by atoms with Crippen molar-refractivity contribution in [2.24, 2.45) is 14.1 Å². The second-order valence-corrected chi connectivity index (χ2v) is 5.30. The summed E-state index contributed by atoms with van der Waals surface area (Å²) in [6.45, 7) is -0.200. The molecule has 10 nitrogen and oxygen atoms in total. The first-order chi connectivity index (χ1) is 10.3. The lowest BCUT2D eigenvalue weighted by Gasteiger charge is -2.35. The van der Waals surface area contributed by atoms with Crippen LogP contribution in [0.3, 0.4) is 0 Å². The van der Waals surface area contributed by atoms with Gasteiger partial charge in [-0.25, -0.2) is 9.78 Å². The van der Waals surface area contributed by atoms with E-state index in [0.717, 1.165) is 4.57 Å². The predicted octanol–water partition coefficient (Wildman–Crippen LogP) is -2.95. The third-order valence-corrected chi connectivity index (χ3v) is 3.92. The van der Waals surface area contributed by atoms with Crippen LogP contribution in [-0.4, -0.2) is 58.9 Å². The molecule has 0 spiro atoms. The number of ether oxygens (including phenoxy) is 1. The molecule has 3 heterocycles. The molecule has 0 aromatic carbocycles. The van der Waals surface area contributed by atoms with Gasteiger partial charge in [0.15, 0.2) is 17.4 Å². The summed E-state index contributed by atoms with van der Waals surface area (Å²) in [6, 6.07) is 0. The second kappa shape index (κ2) is 5.02. The van der Waals surface area contributed by atoms with Crippen molar-refractivity contribution in [1.82, 2.24) is 18.7 Å². The van der Waals surface area contributed by atoms with Crippen molar-refractivity contribution in [3.05, 3.63) is 27.2 Å². The number of hydrogen-bond acceptors (Lipinski definition) is 7. The maximum absolute atomic E-state index is 12.3. The van der Waals surface area contributed by atoms with Crippen LogP contribution in [0.2, 0.25) is 0 Å². The van der Waals surface area contributed by atoms with Crippen LogP contribution < -0.4 is 11.2 Å². The Morgan fingerprint density at radius 2 is 1.86 bits per heavy atom. The van der Waals surface area contributed by atoms with E-state index in [9.17, 15) is 24.9 Å². The Hall–Kier alpha value is -2.01. The van der Waals surface area contributed by atoms with Crippen molar-refractivity contribution in [3.63, 3.8) is 0 Å². The highest BCUT2D eigenvalue weighted by molar-refractivity contribution is 5.70. The third-order valence-electron chi connectivity index (χ3n) is 3.92. The summed E-state index contributed by atoms with van der Waals surface area (Å²) in [5, 5.41) is 29.3. The molecule has 0 amide bonds. The number of rotatable bonds is 1. The van der Waals surface area contributed by atoms with E-state index in [1.165, 1.54) is 29.6 Å². The lowest BCUT2D eigenvalue weighted by Crippen LogP contribution is -2.51. The summed E-state index contributed by atoms with van der Waals surface area (Å²) >= 11 is 0. The number of aromatic nitrogens is 4. The molecule has 0 radical (unpaired) electrons. The molecule has 1 fully saturated rings. The van der Waals surface area contributed by atoms with Crippen molar-refractivity contribution in [1.29, 1.82) is 0 Å². The van der Waals surface area contributed by atoms with Crippen molar-refractivity contribution in [2.75, 3.05) is 6.61 Å². The smallest absolute Gasteiger partial charge is 0.332 e. The van der Waals surface area contributed by atoms with Crippen LogP contribution in [-0.2, 0) is 18.8 Å². The van der Waals surface area contributed by atoms with E-state index in [0.29, 0.717) is 0 Å². The van der Waals surface area contributed by atoms with Crippen LogP contribution in [0.1, 0.15) is 6.23 Å². The highest BCUT2D eigenvalue weighted by Crippen LogP contribution is 2.26. The Labute approximate surface area is 123 Å². The minimum Gasteiger partial charge on any atom is -0.388 e. The van der Waals surface area contributed by atoms with Gasteiger partial charge in [0, 0.05) is 14.1 Å². The molecule has 10 heteroatoms. The quantitative estimate of drug-likeness (QED) is 0.513. The fourth-order valence-electron chi connectivity index (χ4n) is 2.59. The van der Waals surface area contributed by atoms with Crippen LogP contribution >= 0.6 is 0 Å². The van der Waals surface area contributed by atoms with Gasteiger partial charge in [-0.15, -0.1) is 0 Å². The normalized spacial score (nSPS) is 29.1.